The van der Waals surface area contributed by atoms with E-state index in [1.165, 1.54) is 0 Å². The van der Waals surface area contributed by atoms with Gasteiger partial charge in [-0.2, -0.15) is 0 Å². The summed E-state index contributed by atoms with van der Waals surface area (Å²) in [4.78, 5) is 40.8. The van der Waals surface area contributed by atoms with E-state index in [-0.39, 0.29) is 23.8 Å². The number of imidazole rings is 1. The van der Waals surface area contributed by atoms with Gasteiger partial charge in [0, 0.05) is 35.6 Å². The standard InChI is InChI=1S/C27H27N7O3/c1-16-15-37-20(14-34(16)27(36)19-9-10-19)25-32-22(23-24(28)30-12-13-33(23)25)17-5-7-18(8-6-17)26(35)31-21-4-2-3-11-29-21/h2-8,11-13,16,19-20H,9-10,14-15H2,1H3,(H2,28,30)(H,29,31,35)/t16-,20+/m0/s1. The van der Waals surface area contributed by atoms with Crippen molar-refractivity contribution in [2.24, 2.45) is 5.92 Å². The Bertz CT molecular complexity index is 1460. The fourth-order valence-electron chi connectivity index (χ4n) is 4.70. The number of nitrogen functional groups attached to an aromatic ring is 1. The van der Waals surface area contributed by atoms with Gasteiger partial charge in [0.25, 0.3) is 5.91 Å². The monoisotopic (exact) mass is 497 g/mol. The number of amides is 2. The molecule has 2 amide bonds. The Morgan fingerprint density at radius 3 is 2.62 bits per heavy atom. The Kier molecular flexibility index (Phi) is 5.80. The van der Waals surface area contributed by atoms with Crippen LogP contribution in [0.15, 0.2) is 61.1 Å². The van der Waals surface area contributed by atoms with Gasteiger partial charge in [0.2, 0.25) is 5.91 Å². The zero-order valence-electron chi connectivity index (χ0n) is 20.4. The number of pyridine rings is 1. The first-order valence-electron chi connectivity index (χ1n) is 12.4. The molecule has 37 heavy (non-hydrogen) atoms. The second-order valence-corrected chi connectivity index (χ2v) is 9.53. The largest absolute Gasteiger partial charge is 0.382 e. The highest BCUT2D eigenvalue weighted by atomic mass is 16.5. The van der Waals surface area contributed by atoms with E-state index in [1.807, 2.05) is 34.4 Å². The molecule has 0 radical (unpaired) electrons. The van der Waals surface area contributed by atoms with Crippen LogP contribution in [0.2, 0.25) is 0 Å². The van der Waals surface area contributed by atoms with Gasteiger partial charge >= 0.3 is 0 Å². The fraction of sp³-hybridized carbons (Fsp3) is 0.296. The summed E-state index contributed by atoms with van der Waals surface area (Å²) in [6.45, 7) is 2.89. The molecular weight excluding hydrogens is 470 g/mol. The maximum absolute atomic E-state index is 12.9. The predicted octanol–water partition coefficient (Wildman–Crippen LogP) is 3.32. The van der Waals surface area contributed by atoms with Crippen LogP contribution in [0.1, 0.15) is 42.1 Å². The Morgan fingerprint density at radius 1 is 1.08 bits per heavy atom. The number of rotatable bonds is 5. The topological polar surface area (TPSA) is 128 Å². The summed E-state index contributed by atoms with van der Waals surface area (Å²) >= 11 is 0. The normalized spacial score (nSPS) is 19.6. The van der Waals surface area contributed by atoms with Crippen molar-refractivity contribution in [3.8, 4) is 11.3 Å². The number of ether oxygens (including phenoxy) is 1. The third-order valence-corrected chi connectivity index (χ3v) is 6.87. The van der Waals surface area contributed by atoms with Crippen LogP contribution < -0.4 is 11.1 Å². The third-order valence-electron chi connectivity index (χ3n) is 6.87. The van der Waals surface area contributed by atoms with Gasteiger partial charge in [-0.3, -0.25) is 14.0 Å². The van der Waals surface area contributed by atoms with Gasteiger partial charge in [-0.05, 0) is 44.0 Å². The van der Waals surface area contributed by atoms with Crippen molar-refractivity contribution in [3.63, 3.8) is 0 Å². The molecule has 1 aliphatic heterocycles. The van der Waals surface area contributed by atoms with E-state index >= 15 is 0 Å². The zero-order valence-corrected chi connectivity index (χ0v) is 20.4. The van der Waals surface area contributed by atoms with Crippen LogP contribution in [-0.2, 0) is 9.53 Å². The molecule has 1 saturated carbocycles. The molecule has 2 aliphatic rings. The Morgan fingerprint density at radius 2 is 1.89 bits per heavy atom. The Labute approximate surface area is 213 Å². The van der Waals surface area contributed by atoms with E-state index < -0.39 is 6.10 Å². The van der Waals surface area contributed by atoms with Crippen LogP contribution in [0.25, 0.3) is 16.8 Å². The van der Waals surface area contributed by atoms with E-state index in [4.69, 9.17) is 15.5 Å². The van der Waals surface area contributed by atoms with E-state index in [0.29, 0.717) is 47.4 Å². The Hall–Kier alpha value is -4.31. The fourth-order valence-corrected chi connectivity index (χ4v) is 4.70. The van der Waals surface area contributed by atoms with E-state index in [1.54, 1.807) is 42.9 Å². The van der Waals surface area contributed by atoms with Crippen LogP contribution in [-0.4, -0.2) is 55.3 Å². The highest BCUT2D eigenvalue weighted by molar-refractivity contribution is 6.04. The molecule has 10 heteroatoms. The second-order valence-electron chi connectivity index (χ2n) is 9.53. The van der Waals surface area contributed by atoms with E-state index in [9.17, 15) is 9.59 Å². The number of hydrogen-bond donors (Lipinski definition) is 2. The number of nitrogens with zero attached hydrogens (tertiary/aromatic N) is 5. The van der Waals surface area contributed by atoms with Gasteiger partial charge in [-0.1, -0.05) is 18.2 Å². The minimum atomic E-state index is -0.398. The maximum Gasteiger partial charge on any atom is 0.256 e. The van der Waals surface area contributed by atoms with Gasteiger partial charge in [-0.15, -0.1) is 0 Å². The number of nitrogens with two attached hydrogens (primary N) is 1. The highest BCUT2D eigenvalue weighted by Gasteiger charge is 2.39. The average molecular weight is 498 g/mol. The first-order valence-corrected chi connectivity index (χ1v) is 12.4. The molecule has 1 saturated heterocycles. The lowest BCUT2D eigenvalue weighted by molar-refractivity contribution is -0.146. The smallest absolute Gasteiger partial charge is 0.256 e. The van der Waals surface area contributed by atoms with Gasteiger partial charge in [-0.25, -0.2) is 15.0 Å². The molecule has 1 aromatic carbocycles. The number of morpholine rings is 1. The minimum Gasteiger partial charge on any atom is -0.382 e. The second kappa shape index (κ2) is 9.29. The van der Waals surface area contributed by atoms with Crippen LogP contribution >= 0.6 is 0 Å². The summed E-state index contributed by atoms with van der Waals surface area (Å²) in [5.41, 5.74) is 8.87. The van der Waals surface area contributed by atoms with Crippen molar-refractivity contribution in [1.29, 1.82) is 0 Å². The van der Waals surface area contributed by atoms with Crippen LogP contribution in [0.5, 0.6) is 0 Å². The van der Waals surface area contributed by atoms with E-state index in [2.05, 4.69) is 15.3 Å². The lowest BCUT2D eigenvalue weighted by atomic mass is 10.1. The number of aromatic nitrogens is 4. The molecule has 0 unspecified atom stereocenters. The van der Waals surface area contributed by atoms with Crippen molar-refractivity contribution in [2.75, 3.05) is 24.2 Å². The van der Waals surface area contributed by atoms with Crippen LogP contribution in [0.4, 0.5) is 11.6 Å². The summed E-state index contributed by atoms with van der Waals surface area (Å²) < 4.78 is 8.05. The van der Waals surface area contributed by atoms with Crippen molar-refractivity contribution < 1.29 is 14.3 Å². The summed E-state index contributed by atoms with van der Waals surface area (Å²) in [5.74, 6) is 1.56. The van der Waals surface area contributed by atoms with Crippen molar-refractivity contribution >= 4 is 29.0 Å². The van der Waals surface area contributed by atoms with Gasteiger partial charge in [0.15, 0.2) is 0 Å². The highest BCUT2D eigenvalue weighted by Crippen LogP contribution is 2.36. The first-order chi connectivity index (χ1) is 18.0. The van der Waals surface area contributed by atoms with Gasteiger partial charge in [0.1, 0.15) is 34.8 Å². The summed E-state index contributed by atoms with van der Waals surface area (Å²) in [6, 6.07) is 12.5. The van der Waals surface area contributed by atoms with Crippen LogP contribution in [0, 0.1) is 5.92 Å². The van der Waals surface area contributed by atoms with Crippen molar-refractivity contribution in [1.82, 2.24) is 24.3 Å². The molecule has 3 aromatic heterocycles. The molecule has 0 spiro atoms. The number of carbonyl (C=O) groups is 2. The molecule has 0 bridgehead atoms. The molecular formula is C27H27N7O3. The van der Waals surface area contributed by atoms with Crippen molar-refractivity contribution in [3.05, 3.63) is 72.4 Å². The molecule has 4 aromatic rings. The number of hydrogen-bond acceptors (Lipinski definition) is 7. The predicted molar refractivity (Wildman–Crippen MR) is 138 cm³/mol. The average Bonchev–Trinajstić information content (AvgIpc) is 3.70. The van der Waals surface area contributed by atoms with Crippen LogP contribution in [0.3, 0.4) is 0 Å². The summed E-state index contributed by atoms with van der Waals surface area (Å²) in [5, 5.41) is 2.78. The summed E-state index contributed by atoms with van der Waals surface area (Å²) in [7, 11) is 0. The number of nitrogens with one attached hydrogen (secondary N) is 1. The number of benzene rings is 1. The lowest BCUT2D eigenvalue weighted by Gasteiger charge is -2.37. The molecule has 188 valence electrons. The SMILES string of the molecule is C[C@H]1CO[C@@H](c2nc(-c3ccc(C(=O)Nc4ccccn4)cc3)c3c(N)nccn23)CN1C(=O)C1CC1. The maximum atomic E-state index is 12.9. The Balaban J connectivity index is 1.31. The molecule has 1 aliphatic carbocycles. The molecule has 6 rings (SSSR count). The quantitative estimate of drug-likeness (QED) is 0.433. The number of anilines is 2. The first kappa shape index (κ1) is 23.1. The molecule has 4 heterocycles. The minimum absolute atomic E-state index is 0.0200. The summed E-state index contributed by atoms with van der Waals surface area (Å²) in [6.07, 6.45) is 6.58. The van der Waals surface area contributed by atoms with Crippen molar-refractivity contribution in [2.45, 2.75) is 31.9 Å². The molecule has 2 atom stereocenters. The molecule has 3 N–H and O–H groups in total. The molecule has 10 nitrogen and oxygen atoms in total. The number of fused-ring (bicyclic) bond motifs is 1. The zero-order chi connectivity index (χ0) is 25.5. The van der Waals surface area contributed by atoms with Gasteiger partial charge in [0.05, 0.1) is 19.2 Å². The lowest BCUT2D eigenvalue weighted by Crippen LogP contribution is -2.49. The third kappa shape index (κ3) is 4.40. The molecule has 2 fully saturated rings. The van der Waals surface area contributed by atoms with Gasteiger partial charge < -0.3 is 20.7 Å². The number of carbonyl (C=O) groups excluding carboxylic acids is 2. The van der Waals surface area contributed by atoms with E-state index in [0.717, 1.165) is 18.4 Å².